The van der Waals surface area contributed by atoms with Gasteiger partial charge in [-0.05, 0) is 47.4 Å². The van der Waals surface area contributed by atoms with Crippen molar-refractivity contribution in [1.29, 1.82) is 0 Å². The van der Waals surface area contributed by atoms with Crippen molar-refractivity contribution in [2.45, 2.75) is 32.4 Å². The van der Waals surface area contributed by atoms with Gasteiger partial charge in [0.25, 0.3) is 0 Å². The Hall–Kier alpha value is -4.55. The number of nitrogens with zero attached hydrogens (tertiary/aromatic N) is 2. The van der Waals surface area contributed by atoms with Gasteiger partial charge < -0.3 is 23.7 Å². The van der Waals surface area contributed by atoms with Gasteiger partial charge >= 0.3 is 0 Å². The molecule has 1 aromatic heterocycles. The lowest BCUT2D eigenvalue weighted by Crippen LogP contribution is -2.41. The third kappa shape index (κ3) is 6.60. The lowest BCUT2D eigenvalue weighted by Gasteiger charge is -2.29. The molecular formula is C37H38N2O4. The van der Waals surface area contributed by atoms with E-state index in [0.29, 0.717) is 50.8 Å². The van der Waals surface area contributed by atoms with E-state index in [1.165, 1.54) is 11.1 Å². The summed E-state index contributed by atoms with van der Waals surface area (Å²) < 4.78 is 19.8. The Morgan fingerprint density at radius 1 is 0.860 bits per heavy atom. The third-order valence-corrected chi connectivity index (χ3v) is 8.24. The summed E-state index contributed by atoms with van der Waals surface area (Å²) in [4.78, 5) is 15.7. The summed E-state index contributed by atoms with van der Waals surface area (Å²) in [6.45, 7) is 5.67. The monoisotopic (exact) mass is 574 g/mol. The summed E-state index contributed by atoms with van der Waals surface area (Å²) in [5.41, 5.74) is 6.85. The van der Waals surface area contributed by atoms with Gasteiger partial charge in [0, 0.05) is 49.1 Å². The third-order valence-electron chi connectivity index (χ3n) is 8.24. The Balaban J connectivity index is 1.40. The zero-order valence-electron chi connectivity index (χ0n) is 24.9. The fraction of sp³-hybridized carbons (Fsp3) is 0.270. The van der Waals surface area contributed by atoms with Gasteiger partial charge in [0.15, 0.2) is 11.5 Å². The predicted molar refractivity (Wildman–Crippen MR) is 170 cm³/mol. The average Bonchev–Trinajstić information content (AvgIpc) is 3.42. The molecule has 6 rings (SSSR count). The highest BCUT2D eigenvalue weighted by Gasteiger charge is 2.27. The van der Waals surface area contributed by atoms with E-state index in [1.54, 1.807) is 7.11 Å². The summed E-state index contributed by atoms with van der Waals surface area (Å²) in [7, 11) is 1.66. The number of para-hydroxylation sites is 1. The Morgan fingerprint density at radius 2 is 1.60 bits per heavy atom. The minimum Gasteiger partial charge on any atom is -0.493 e. The first-order valence-electron chi connectivity index (χ1n) is 14.9. The second-order valence-electron chi connectivity index (χ2n) is 11.1. The van der Waals surface area contributed by atoms with Gasteiger partial charge in [-0.3, -0.25) is 4.79 Å². The molecular weight excluding hydrogens is 536 g/mol. The van der Waals surface area contributed by atoms with Gasteiger partial charge in [-0.15, -0.1) is 0 Å². The van der Waals surface area contributed by atoms with Crippen LogP contribution in [-0.2, 0) is 22.7 Å². The normalized spacial score (nSPS) is 14.0. The number of methoxy groups -OCH3 is 1. The zero-order chi connectivity index (χ0) is 29.6. The van der Waals surface area contributed by atoms with Crippen LogP contribution < -0.4 is 9.47 Å². The number of hydrogen-bond acceptors (Lipinski definition) is 4. The summed E-state index contributed by atoms with van der Waals surface area (Å²) in [5, 5.41) is 1.15. The average molecular weight is 575 g/mol. The molecule has 1 fully saturated rings. The molecule has 6 heteroatoms. The van der Waals surface area contributed by atoms with Gasteiger partial charge in [0.05, 0.1) is 20.3 Å². The molecule has 0 radical (unpaired) electrons. The van der Waals surface area contributed by atoms with Crippen molar-refractivity contribution in [3.05, 3.63) is 131 Å². The van der Waals surface area contributed by atoms with E-state index in [0.717, 1.165) is 34.1 Å². The highest BCUT2D eigenvalue weighted by molar-refractivity contribution is 5.87. The maximum atomic E-state index is 13.7. The maximum absolute atomic E-state index is 13.7. The number of fused-ring (bicyclic) bond motifs is 1. The molecule has 0 aliphatic carbocycles. The first-order chi connectivity index (χ1) is 21.1. The van der Waals surface area contributed by atoms with Crippen molar-refractivity contribution in [2.75, 3.05) is 33.4 Å². The molecule has 2 heterocycles. The molecule has 0 bridgehead atoms. The molecule has 1 saturated heterocycles. The van der Waals surface area contributed by atoms with Crippen molar-refractivity contribution in [3.8, 4) is 11.5 Å². The molecule has 0 saturated carbocycles. The summed E-state index contributed by atoms with van der Waals surface area (Å²) >= 11 is 0. The molecule has 1 amide bonds. The number of carbonyl (C=O) groups is 1. The number of carbonyl (C=O) groups excluding carboxylic acids is 1. The van der Waals surface area contributed by atoms with Crippen LogP contribution in [0.15, 0.2) is 103 Å². The fourth-order valence-corrected chi connectivity index (χ4v) is 5.86. The van der Waals surface area contributed by atoms with Crippen LogP contribution in [0.2, 0.25) is 0 Å². The number of hydrogen-bond donors (Lipinski definition) is 0. The molecule has 4 aromatic carbocycles. The van der Waals surface area contributed by atoms with Gasteiger partial charge in [-0.25, -0.2) is 0 Å². The SMILES string of the molecule is COc1ccc(C(CC(=O)N2CCOCC2)c2cn(Cc3ccc(C)cc3)c3ccccc23)cc1OCc1ccccc1. The van der Waals surface area contributed by atoms with Crippen molar-refractivity contribution < 1.29 is 19.0 Å². The van der Waals surface area contributed by atoms with E-state index in [9.17, 15) is 4.79 Å². The molecule has 1 unspecified atom stereocenters. The fourth-order valence-electron chi connectivity index (χ4n) is 5.86. The highest BCUT2D eigenvalue weighted by atomic mass is 16.5. The van der Waals surface area contributed by atoms with Gasteiger partial charge in [0.1, 0.15) is 6.61 Å². The first-order valence-corrected chi connectivity index (χ1v) is 14.9. The van der Waals surface area contributed by atoms with E-state index < -0.39 is 0 Å². The summed E-state index contributed by atoms with van der Waals surface area (Å²) in [6, 6.07) is 33.3. The molecule has 0 spiro atoms. The molecule has 1 atom stereocenters. The zero-order valence-corrected chi connectivity index (χ0v) is 24.9. The smallest absolute Gasteiger partial charge is 0.223 e. The molecule has 6 nitrogen and oxygen atoms in total. The van der Waals surface area contributed by atoms with E-state index in [1.807, 2.05) is 47.4 Å². The van der Waals surface area contributed by atoms with Crippen molar-refractivity contribution >= 4 is 16.8 Å². The number of benzene rings is 4. The Kier molecular flexibility index (Phi) is 8.75. The topological polar surface area (TPSA) is 52.9 Å². The van der Waals surface area contributed by atoms with Crippen LogP contribution in [0.3, 0.4) is 0 Å². The molecule has 1 aliphatic rings. The number of amides is 1. The Labute approximate surface area is 253 Å². The minimum atomic E-state index is -0.176. The van der Waals surface area contributed by atoms with Crippen LogP contribution in [0.4, 0.5) is 0 Å². The second kappa shape index (κ2) is 13.2. The quantitative estimate of drug-likeness (QED) is 0.181. The van der Waals surface area contributed by atoms with Crippen LogP contribution >= 0.6 is 0 Å². The first kappa shape index (κ1) is 28.6. The molecule has 0 N–H and O–H groups in total. The highest BCUT2D eigenvalue weighted by Crippen LogP contribution is 2.39. The molecule has 1 aliphatic heterocycles. The number of ether oxygens (including phenoxy) is 3. The lowest BCUT2D eigenvalue weighted by atomic mass is 9.87. The van der Waals surface area contributed by atoms with Crippen molar-refractivity contribution in [2.24, 2.45) is 0 Å². The van der Waals surface area contributed by atoms with E-state index in [4.69, 9.17) is 14.2 Å². The predicted octanol–water partition coefficient (Wildman–Crippen LogP) is 6.97. The largest absolute Gasteiger partial charge is 0.493 e. The number of morpholine rings is 1. The molecule has 5 aromatic rings. The number of rotatable bonds is 10. The Bertz CT molecular complexity index is 1670. The van der Waals surface area contributed by atoms with E-state index in [-0.39, 0.29) is 11.8 Å². The van der Waals surface area contributed by atoms with E-state index in [2.05, 4.69) is 72.3 Å². The van der Waals surface area contributed by atoms with Crippen LogP contribution in [0, 0.1) is 6.92 Å². The van der Waals surface area contributed by atoms with Gasteiger partial charge in [-0.2, -0.15) is 0 Å². The Morgan fingerprint density at radius 3 is 2.37 bits per heavy atom. The minimum absolute atomic E-state index is 0.131. The van der Waals surface area contributed by atoms with Crippen molar-refractivity contribution in [1.82, 2.24) is 9.47 Å². The lowest BCUT2D eigenvalue weighted by molar-refractivity contribution is -0.135. The van der Waals surface area contributed by atoms with E-state index >= 15 is 0 Å². The van der Waals surface area contributed by atoms with Crippen LogP contribution in [0.5, 0.6) is 11.5 Å². The van der Waals surface area contributed by atoms with Crippen LogP contribution in [0.1, 0.15) is 40.2 Å². The maximum Gasteiger partial charge on any atom is 0.223 e. The number of aryl methyl sites for hydroxylation is 1. The summed E-state index contributed by atoms with van der Waals surface area (Å²) in [6.07, 6.45) is 2.58. The summed E-state index contributed by atoms with van der Waals surface area (Å²) in [5.74, 6) is 1.28. The van der Waals surface area contributed by atoms with Crippen LogP contribution in [0.25, 0.3) is 10.9 Å². The number of aromatic nitrogens is 1. The van der Waals surface area contributed by atoms with Crippen molar-refractivity contribution in [3.63, 3.8) is 0 Å². The standard InChI is InChI=1S/C37H38N2O4/c1-27-12-14-28(15-13-27)24-39-25-33(31-10-6-7-11-34(31)39)32(23-37(40)38-18-20-42-21-19-38)30-16-17-35(41-2)36(22-30)43-26-29-8-4-3-5-9-29/h3-17,22,25,32H,18-21,23-24,26H2,1-2H3. The van der Waals surface area contributed by atoms with Crippen LogP contribution in [-0.4, -0.2) is 48.8 Å². The molecule has 220 valence electrons. The second-order valence-corrected chi connectivity index (χ2v) is 11.1. The molecule has 43 heavy (non-hydrogen) atoms. The van der Waals surface area contributed by atoms with Gasteiger partial charge in [-0.1, -0.05) is 84.4 Å². The van der Waals surface area contributed by atoms with Gasteiger partial charge in [0.2, 0.25) is 5.91 Å².